The standard InChI is InChI=1S/C12H12BrN5O2/c1-6-8(12(19)20-2)3-7(13)4-9(6)17-18-10(5-14)11(15)16/h3-4,17H,1-2H3,(H3,15,16)/b18-10+. The third-order valence-corrected chi connectivity index (χ3v) is 2.88. The zero-order valence-corrected chi connectivity index (χ0v) is 12.4. The number of amidine groups is 1. The number of nitrogens with two attached hydrogens (primary N) is 1. The molecule has 0 unspecified atom stereocenters. The van der Waals surface area contributed by atoms with Crippen LogP contribution in [0.25, 0.3) is 0 Å². The minimum absolute atomic E-state index is 0.246. The van der Waals surface area contributed by atoms with E-state index in [0.717, 1.165) is 0 Å². The van der Waals surface area contributed by atoms with E-state index in [2.05, 4.69) is 31.2 Å². The lowest BCUT2D eigenvalue weighted by molar-refractivity contribution is 0.0600. The van der Waals surface area contributed by atoms with E-state index in [9.17, 15) is 4.79 Å². The maximum absolute atomic E-state index is 11.6. The van der Waals surface area contributed by atoms with Gasteiger partial charge < -0.3 is 10.5 Å². The molecule has 0 aliphatic heterocycles. The number of hydrogen-bond donors (Lipinski definition) is 3. The van der Waals surface area contributed by atoms with Crippen LogP contribution in [0.2, 0.25) is 0 Å². The summed E-state index contributed by atoms with van der Waals surface area (Å²) in [5, 5.41) is 19.6. The van der Waals surface area contributed by atoms with Crippen molar-refractivity contribution in [2.24, 2.45) is 10.8 Å². The van der Waals surface area contributed by atoms with E-state index in [0.29, 0.717) is 21.3 Å². The smallest absolute Gasteiger partial charge is 0.338 e. The van der Waals surface area contributed by atoms with Crippen LogP contribution in [0, 0.1) is 23.7 Å². The molecule has 104 valence electrons. The third-order valence-electron chi connectivity index (χ3n) is 2.43. The molecule has 0 radical (unpaired) electrons. The number of hydrogen-bond acceptors (Lipinski definition) is 6. The van der Waals surface area contributed by atoms with Crippen LogP contribution in [0.3, 0.4) is 0 Å². The topological polar surface area (TPSA) is 124 Å². The first-order valence-electron chi connectivity index (χ1n) is 5.37. The van der Waals surface area contributed by atoms with E-state index < -0.39 is 11.8 Å². The Bertz CT molecular complexity index is 633. The van der Waals surface area contributed by atoms with Crippen molar-refractivity contribution in [1.29, 1.82) is 10.7 Å². The highest BCUT2D eigenvalue weighted by molar-refractivity contribution is 9.10. The average molecular weight is 338 g/mol. The zero-order chi connectivity index (χ0) is 15.3. The Morgan fingerprint density at radius 3 is 2.75 bits per heavy atom. The molecule has 0 bridgehead atoms. The van der Waals surface area contributed by atoms with Crippen molar-refractivity contribution in [2.75, 3.05) is 12.5 Å². The van der Waals surface area contributed by atoms with Crippen LogP contribution < -0.4 is 11.2 Å². The Balaban J connectivity index is 3.21. The fourth-order valence-corrected chi connectivity index (χ4v) is 1.84. The molecule has 1 aromatic rings. The SMILES string of the molecule is COC(=O)c1cc(Br)cc(N/N=C(\C#N)C(=N)N)c1C. The van der Waals surface area contributed by atoms with Crippen LogP contribution in [-0.4, -0.2) is 24.6 Å². The monoisotopic (exact) mass is 337 g/mol. The summed E-state index contributed by atoms with van der Waals surface area (Å²) in [4.78, 5) is 11.6. The van der Waals surface area contributed by atoms with Crippen molar-refractivity contribution < 1.29 is 9.53 Å². The quantitative estimate of drug-likeness (QED) is 0.334. The van der Waals surface area contributed by atoms with Gasteiger partial charge in [0.25, 0.3) is 0 Å². The first-order valence-corrected chi connectivity index (χ1v) is 6.16. The van der Waals surface area contributed by atoms with Gasteiger partial charge in [0, 0.05) is 4.47 Å². The molecule has 4 N–H and O–H groups in total. The number of halogens is 1. The van der Waals surface area contributed by atoms with Crippen LogP contribution >= 0.6 is 15.9 Å². The molecule has 0 heterocycles. The molecule has 1 aromatic carbocycles. The van der Waals surface area contributed by atoms with E-state index in [1.165, 1.54) is 7.11 Å². The van der Waals surface area contributed by atoms with Gasteiger partial charge in [0.05, 0.1) is 18.4 Å². The van der Waals surface area contributed by atoms with Crippen molar-refractivity contribution >= 4 is 39.1 Å². The number of hydrazone groups is 1. The Morgan fingerprint density at radius 1 is 1.60 bits per heavy atom. The maximum atomic E-state index is 11.6. The lowest BCUT2D eigenvalue weighted by Gasteiger charge is -2.10. The molecule has 7 nitrogen and oxygen atoms in total. The van der Waals surface area contributed by atoms with E-state index in [1.807, 2.05) is 0 Å². The molecule has 0 saturated carbocycles. The van der Waals surface area contributed by atoms with Crippen LogP contribution in [-0.2, 0) is 4.74 Å². The lowest BCUT2D eigenvalue weighted by atomic mass is 10.1. The number of nitrogens with one attached hydrogen (secondary N) is 2. The normalized spacial score (nSPS) is 10.6. The molecule has 0 aliphatic carbocycles. The molecule has 20 heavy (non-hydrogen) atoms. The first-order chi connectivity index (χ1) is 9.40. The van der Waals surface area contributed by atoms with Gasteiger partial charge in [0.1, 0.15) is 6.07 Å². The number of carbonyl (C=O) groups is 1. The van der Waals surface area contributed by atoms with Crippen molar-refractivity contribution in [3.8, 4) is 6.07 Å². The molecule has 0 atom stereocenters. The molecule has 0 saturated heterocycles. The van der Waals surface area contributed by atoms with Gasteiger partial charge in [0.2, 0.25) is 5.71 Å². The fourth-order valence-electron chi connectivity index (χ4n) is 1.38. The van der Waals surface area contributed by atoms with E-state index in [1.54, 1.807) is 25.1 Å². The van der Waals surface area contributed by atoms with Crippen molar-refractivity contribution in [3.05, 3.63) is 27.7 Å². The predicted molar refractivity (Wildman–Crippen MR) is 78.8 cm³/mol. The molecule has 0 spiro atoms. The summed E-state index contributed by atoms with van der Waals surface area (Å²) >= 11 is 3.27. The minimum Gasteiger partial charge on any atom is -0.465 e. The third kappa shape index (κ3) is 3.55. The van der Waals surface area contributed by atoms with E-state index in [-0.39, 0.29) is 5.71 Å². The predicted octanol–water partition coefficient (Wildman–Crippen LogP) is 1.77. The van der Waals surface area contributed by atoms with Crippen molar-refractivity contribution in [1.82, 2.24) is 0 Å². The van der Waals surface area contributed by atoms with Gasteiger partial charge in [0.15, 0.2) is 5.84 Å². The number of ether oxygens (including phenoxy) is 1. The largest absolute Gasteiger partial charge is 0.465 e. The number of esters is 1. The van der Waals surface area contributed by atoms with E-state index >= 15 is 0 Å². The number of anilines is 1. The summed E-state index contributed by atoms with van der Waals surface area (Å²) in [5.41, 5.74) is 9.01. The highest BCUT2D eigenvalue weighted by Gasteiger charge is 2.14. The zero-order valence-electron chi connectivity index (χ0n) is 10.8. The molecular formula is C12H12BrN5O2. The van der Waals surface area contributed by atoms with Gasteiger partial charge in [-0.1, -0.05) is 15.9 Å². The number of nitriles is 1. The van der Waals surface area contributed by atoms with Gasteiger partial charge in [-0.3, -0.25) is 10.8 Å². The van der Waals surface area contributed by atoms with Crippen molar-refractivity contribution in [3.63, 3.8) is 0 Å². The average Bonchev–Trinajstić information content (AvgIpc) is 2.41. The van der Waals surface area contributed by atoms with Gasteiger partial charge in [-0.2, -0.15) is 10.4 Å². The first kappa shape index (κ1) is 15.7. The van der Waals surface area contributed by atoms with Crippen LogP contribution in [0.4, 0.5) is 5.69 Å². The second kappa shape index (κ2) is 6.68. The lowest BCUT2D eigenvalue weighted by Crippen LogP contribution is -2.22. The van der Waals surface area contributed by atoms with Crippen LogP contribution in [0.5, 0.6) is 0 Å². The molecule has 0 aromatic heterocycles. The molecule has 0 amide bonds. The summed E-state index contributed by atoms with van der Waals surface area (Å²) in [7, 11) is 1.29. The number of rotatable bonds is 4. The number of nitrogens with zero attached hydrogens (tertiary/aromatic N) is 2. The molecular weight excluding hydrogens is 326 g/mol. The summed E-state index contributed by atoms with van der Waals surface area (Å²) in [6.45, 7) is 1.70. The van der Waals surface area contributed by atoms with E-state index in [4.69, 9.17) is 16.4 Å². The van der Waals surface area contributed by atoms with Crippen molar-refractivity contribution in [2.45, 2.75) is 6.92 Å². The minimum atomic E-state index is -0.483. The Labute approximate surface area is 124 Å². The van der Waals surface area contributed by atoms with Crippen LogP contribution in [0.1, 0.15) is 15.9 Å². The fraction of sp³-hybridized carbons (Fsp3) is 0.167. The molecule has 0 fully saturated rings. The second-order valence-corrected chi connectivity index (χ2v) is 4.63. The second-order valence-electron chi connectivity index (χ2n) is 3.72. The Kier molecular flexibility index (Phi) is 5.23. The van der Waals surface area contributed by atoms with Gasteiger partial charge >= 0.3 is 5.97 Å². The molecule has 1 rings (SSSR count). The maximum Gasteiger partial charge on any atom is 0.338 e. The van der Waals surface area contributed by atoms with Crippen LogP contribution in [0.15, 0.2) is 21.7 Å². The molecule has 0 aliphatic rings. The Hall–Kier alpha value is -2.40. The molecule has 8 heteroatoms. The highest BCUT2D eigenvalue weighted by atomic mass is 79.9. The van der Waals surface area contributed by atoms with Gasteiger partial charge in [-0.05, 0) is 24.6 Å². The number of benzene rings is 1. The Morgan fingerprint density at radius 2 is 2.25 bits per heavy atom. The van der Waals surface area contributed by atoms with Gasteiger partial charge in [-0.25, -0.2) is 4.79 Å². The number of carbonyl (C=O) groups excluding carboxylic acids is 1. The number of methoxy groups -OCH3 is 1. The summed E-state index contributed by atoms with van der Waals surface area (Å²) in [6.07, 6.45) is 0. The summed E-state index contributed by atoms with van der Waals surface area (Å²) in [6, 6.07) is 4.99. The highest BCUT2D eigenvalue weighted by Crippen LogP contribution is 2.25. The summed E-state index contributed by atoms with van der Waals surface area (Å²) in [5.74, 6) is -0.927. The summed E-state index contributed by atoms with van der Waals surface area (Å²) < 4.78 is 5.32. The van der Waals surface area contributed by atoms with Gasteiger partial charge in [-0.15, -0.1) is 0 Å².